The largest absolute Gasteiger partial charge is 0.456 e. The van der Waals surface area contributed by atoms with Gasteiger partial charge in [-0.05, 0) is 41.8 Å². The first-order valence-corrected chi connectivity index (χ1v) is 6.50. The molecular formula is C16H15ClO2. The summed E-state index contributed by atoms with van der Waals surface area (Å²) in [5, 5.41) is 0.428. The van der Waals surface area contributed by atoms with Crippen LogP contribution < -0.4 is 4.74 Å². The molecule has 0 aliphatic heterocycles. The highest BCUT2D eigenvalue weighted by molar-refractivity contribution is 6.32. The Balaban J connectivity index is 2.19. The molecule has 0 saturated heterocycles. The standard InChI is InChI=1S/C16H15ClO2/c1-11(2)13-4-6-14(7-5-13)19-16-8-3-12(10-18)9-15(16)17/h3-11H,1-2H3. The van der Waals surface area contributed by atoms with Gasteiger partial charge in [0.05, 0.1) is 5.02 Å². The second kappa shape index (κ2) is 5.89. The summed E-state index contributed by atoms with van der Waals surface area (Å²) in [5.74, 6) is 1.76. The fraction of sp³-hybridized carbons (Fsp3) is 0.188. The van der Waals surface area contributed by atoms with E-state index < -0.39 is 0 Å². The molecule has 0 N–H and O–H groups in total. The molecule has 2 rings (SSSR count). The van der Waals surface area contributed by atoms with Crippen LogP contribution in [0.5, 0.6) is 11.5 Å². The van der Waals surface area contributed by atoms with Gasteiger partial charge in [-0.2, -0.15) is 0 Å². The van der Waals surface area contributed by atoms with Crippen LogP contribution in [-0.2, 0) is 0 Å². The van der Waals surface area contributed by atoms with E-state index >= 15 is 0 Å². The van der Waals surface area contributed by atoms with Crippen molar-refractivity contribution in [2.24, 2.45) is 0 Å². The topological polar surface area (TPSA) is 26.3 Å². The van der Waals surface area contributed by atoms with Crippen LogP contribution in [0.25, 0.3) is 0 Å². The molecule has 3 heteroatoms. The molecule has 0 atom stereocenters. The monoisotopic (exact) mass is 274 g/mol. The fourth-order valence-electron chi connectivity index (χ4n) is 1.72. The first-order chi connectivity index (χ1) is 9.10. The van der Waals surface area contributed by atoms with Crippen molar-refractivity contribution in [1.29, 1.82) is 0 Å². The number of halogens is 1. The zero-order valence-electron chi connectivity index (χ0n) is 10.9. The van der Waals surface area contributed by atoms with Crippen LogP contribution in [0, 0.1) is 0 Å². The van der Waals surface area contributed by atoms with Crippen molar-refractivity contribution in [1.82, 2.24) is 0 Å². The highest BCUT2D eigenvalue weighted by atomic mass is 35.5. The van der Waals surface area contributed by atoms with Crippen molar-refractivity contribution in [2.75, 3.05) is 0 Å². The molecule has 0 fully saturated rings. The van der Waals surface area contributed by atoms with Crippen LogP contribution >= 0.6 is 11.6 Å². The maximum atomic E-state index is 10.6. The molecule has 19 heavy (non-hydrogen) atoms. The Bertz CT molecular complexity index is 574. The van der Waals surface area contributed by atoms with Crippen LogP contribution in [0.1, 0.15) is 35.7 Å². The van der Waals surface area contributed by atoms with E-state index in [1.807, 2.05) is 24.3 Å². The third-order valence-corrected chi connectivity index (χ3v) is 3.16. The molecule has 2 nitrogen and oxygen atoms in total. The molecule has 0 aromatic heterocycles. The molecule has 0 aliphatic carbocycles. The minimum absolute atomic E-state index is 0.428. The van der Waals surface area contributed by atoms with Crippen molar-refractivity contribution in [3.63, 3.8) is 0 Å². The summed E-state index contributed by atoms with van der Waals surface area (Å²) in [7, 11) is 0. The molecular weight excluding hydrogens is 260 g/mol. The molecule has 2 aromatic rings. The molecule has 0 amide bonds. The molecule has 98 valence electrons. The van der Waals surface area contributed by atoms with Gasteiger partial charge in [-0.1, -0.05) is 37.6 Å². The van der Waals surface area contributed by atoms with Gasteiger partial charge in [0.2, 0.25) is 0 Å². The van der Waals surface area contributed by atoms with Crippen molar-refractivity contribution >= 4 is 17.9 Å². The number of carbonyl (C=O) groups is 1. The maximum Gasteiger partial charge on any atom is 0.150 e. The van der Waals surface area contributed by atoms with Crippen molar-refractivity contribution in [3.05, 3.63) is 58.6 Å². The molecule has 0 heterocycles. The minimum Gasteiger partial charge on any atom is -0.456 e. The lowest BCUT2D eigenvalue weighted by Crippen LogP contribution is -1.89. The van der Waals surface area contributed by atoms with Crippen molar-refractivity contribution in [2.45, 2.75) is 19.8 Å². The normalized spacial score (nSPS) is 10.5. The van der Waals surface area contributed by atoms with E-state index in [0.717, 1.165) is 12.0 Å². The second-order valence-corrected chi connectivity index (χ2v) is 5.04. The van der Waals surface area contributed by atoms with Crippen LogP contribution in [-0.4, -0.2) is 6.29 Å². The van der Waals surface area contributed by atoms with E-state index in [-0.39, 0.29) is 0 Å². The van der Waals surface area contributed by atoms with Crippen LogP contribution in [0.2, 0.25) is 5.02 Å². The molecule has 0 spiro atoms. The average molecular weight is 275 g/mol. The van der Waals surface area contributed by atoms with Crippen LogP contribution in [0.4, 0.5) is 0 Å². The first-order valence-electron chi connectivity index (χ1n) is 6.12. The Morgan fingerprint density at radius 3 is 2.32 bits per heavy atom. The summed E-state index contributed by atoms with van der Waals surface area (Å²) in [6.45, 7) is 4.29. The highest BCUT2D eigenvalue weighted by Crippen LogP contribution is 2.30. The Kier molecular flexibility index (Phi) is 4.23. The van der Waals surface area contributed by atoms with E-state index in [0.29, 0.717) is 22.3 Å². The number of aldehydes is 1. The van der Waals surface area contributed by atoms with Crippen molar-refractivity contribution in [3.8, 4) is 11.5 Å². The van der Waals surface area contributed by atoms with Gasteiger partial charge in [-0.15, -0.1) is 0 Å². The number of hydrogen-bond acceptors (Lipinski definition) is 2. The van der Waals surface area contributed by atoms with E-state index in [1.165, 1.54) is 5.56 Å². The van der Waals surface area contributed by atoms with Gasteiger partial charge in [0.15, 0.2) is 0 Å². The molecule has 0 radical (unpaired) electrons. The summed E-state index contributed by atoms with van der Waals surface area (Å²) in [6.07, 6.45) is 0.757. The zero-order valence-corrected chi connectivity index (χ0v) is 11.6. The Morgan fingerprint density at radius 2 is 1.79 bits per heavy atom. The predicted octanol–water partition coefficient (Wildman–Crippen LogP) is 5.07. The second-order valence-electron chi connectivity index (χ2n) is 4.63. The van der Waals surface area contributed by atoms with Gasteiger partial charge in [-0.25, -0.2) is 0 Å². The molecule has 2 aromatic carbocycles. The zero-order chi connectivity index (χ0) is 13.8. The van der Waals surface area contributed by atoms with Crippen LogP contribution in [0.15, 0.2) is 42.5 Å². The first kappa shape index (κ1) is 13.6. The van der Waals surface area contributed by atoms with Gasteiger partial charge < -0.3 is 4.74 Å². The minimum atomic E-state index is 0.428. The Labute approximate surface area is 118 Å². The molecule has 0 aliphatic rings. The number of rotatable bonds is 4. The summed E-state index contributed by atoms with van der Waals surface area (Å²) in [6, 6.07) is 12.9. The summed E-state index contributed by atoms with van der Waals surface area (Å²) in [5.41, 5.74) is 1.79. The average Bonchev–Trinajstić information content (AvgIpc) is 2.41. The third kappa shape index (κ3) is 3.36. The number of carbonyl (C=O) groups excluding carboxylic acids is 1. The van der Waals surface area contributed by atoms with Gasteiger partial charge in [0.25, 0.3) is 0 Å². The Hall–Kier alpha value is -1.80. The van der Waals surface area contributed by atoms with Gasteiger partial charge >= 0.3 is 0 Å². The lowest BCUT2D eigenvalue weighted by molar-refractivity contribution is 0.112. The Morgan fingerprint density at radius 1 is 1.11 bits per heavy atom. The third-order valence-electron chi connectivity index (χ3n) is 2.87. The highest BCUT2D eigenvalue weighted by Gasteiger charge is 2.05. The smallest absolute Gasteiger partial charge is 0.150 e. The molecule has 0 saturated carbocycles. The summed E-state index contributed by atoms with van der Waals surface area (Å²) >= 11 is 6.06. The molecule has 0 unspecified atom stereocenters. The quantitative estimate of drug-likeness (QED) is 0.728. The van der Waals surface area contributed by atoms with Gasteiger partial charge in [0, 0.05) is 5.56 Å². The van der Waals surface area contributed by atoms with E-state index in [4.69, 9.17) is 16.3 Å². The van der Waals surface area contributed by atoms with E-state index in [9.17, 15) is 4.79 Å². The van der Waals surface area contributed by atoms with Crippen molar-refractivity contribution < 1.29 is 9.53 Å². The van der Waals surface area contributed by atoms with E-state index in [1.54, 1.807) is 18.2 Å². The van der Waals surface area contributed by atoms with Gasteiger partial charge in [0.1, 0.15) is 17.8 Å². The summed E-state index contributed by atoms with van der Waals surface area (Å²) in [4.78, 5) is 10.6. The van der Waals surface area contributed by atoms with Crippen LogP contribution in [0.3, 0.4) is 0 Å². The molecule has 0 bridgehead atoms. The number of benzene rings is 2. The summed E-state index contributed by atoms with van der Waals surface area (Å²) < 4.78 is 5.70. The predicted molar refractivity (Wildman–Crippen MR) is 77.4 cm³/mol. The lowest BCUT2D eigenvalue weighted by atomic mass is 10.0. The fourth-order valence-corrected chi connectivity index (χ4v) is 1.95. The number of hydrogen-bond donors (Lipinski definition) is 0. The SMILES string of the molecule is CC(C)c1ccc(Oc2ccc(C=O)cc2Cl)cc1. The van der Waals surface area contributed by atoms with Gasteiger partial charge in [-0.3, -0.25) is 4.79 Å². The lowest BCUT2D eigenvalue weighted by Gasteiger charge is -2.10. The van der Waals surface area contributed by atoms with E-state index in [2.05, 4.69) is 13.8 Å². The maximum absolute atomic E-state index is 10.6. The number of ether oxygens (including phenoxy) is 1.